The molecule has 1 aliphatic rings. The number of aliphatic carboxylic acids is 1. The fourth-order valence-electron chi connectivity index (χ4n) is 1.60. The standard InChI is InChI=1S/C10H15NO3/c1-2-5-11-7-8(6-10(13)14)3-4-9(11)12/h6H,2-5,7H2,1H3,(H,13,14)/b8-6-. The highest BCUT2D eigenvalue weighted by atomic mass is 16.4. The van der Waals surface area contributed by atoms with Crippen LogP contribution in [0.1, 0.15) is 26.2 Å². The third-order valence-electron chi connectivity index (χ3n) is 2.23. The highest BCUT2D eigenvalue weighted by molar-refractivity contribution is 5.83. The Morgan fingerprint density at radius 1 is 1.57 bits per heavy atom. The fraction of sp³-hybridized carbons (Fsp3) is 0.600. The third-order valence-corrected chi connectivity index (χ3v) is 2.23. The molecular weight excluding hydrogens is 182 g/mol. The number of hydrogen-bond acceptors (Lipinski definition) is 2. The molecule has 0 bridgehead atoms. The van der Waals surface area contributed by atoms with E-state index in [1.54, 1.807) is 4.90 Å². The van der Waals surface area contributed by atoms with Gasteiger partial charge >= 0.3 is 5.97 Å². The molecule has 0 aliphatic carbocycles. The van der Waals surface area contributed by atoms with Crippen LogP contribution in [0.4, 0.5) is 0 Å². The van der Waals surface area contributed by atoms with Gasteiger partial charge in [0.05, 0.1) is 0 Å². The highest BCUT2D eigenvalue weighted by Gasteiger charge is 2.20. The molecule has 78 valence electrons. The Kier molecular flexibility index (Phi) is 3.68. The second-order valence-corrected chi connectivity index (χ2v) is 3.46. The molecule has 1 heterocycles. The van der Waals surface area contributed by atoms with Gasteiger partial charge in [-0.3, -0.25) is 4.79 Å². The number of carboxylic acid groups (broad SMARTS) is 1. The summed E-state index contributed by atoms with van der Waals surface area (Å²) in [5.41, 5.74) is 0.838. The first-order valence-corrected chi connectivity index (χ1v) is 4.83. The summed E-state index contributed by atoms with van der Waals surface area (Å²) in [4.78, 5) is 23.5. The number of piperidine rings is 1. The van der Waals surface area contributed by atoms with Crippen LogP contribution in [-0.4, -0.2) is 35.0 Å². The Bertz CT molecular complexity index is 271. The third kappa shape index (κ3) is 2.87. The molecule has 0 aromatic rings. The molecule has 14 heavy (non-hydrogen) atoms. The van der Waals surface area contributed by atoms with Crippen molar-refractivity contribution in [3.05, 3.63) is 11.6 Å². The predicted octanol–water partition coefficient (Wildman–Crippen LogP) is 1.03. The lowest BCUT2D eigenvalue weighted by molar-refractivity contribution is -0.133. The van der Waals surface area contributed by atoms with Crippen molar-refractivity contribution in [3.8, 4) is 0 Å². The van der Waals surface area contributed by atoms with Gasteiger partial charge in [0.25, 0.3) is 0 Å². The summed E-state index contributed by atoms with van der Waals surface area (Å²) in [5, 5.41) is 8.57. The monoisotopic (exact) mass is 197 g/mol. The van der Waals surface area contributed by atoms with Gasteiger partial charge in [0.1, 0.15) is 0 Å². The van der Waals surface area contributed by atoms with Crippen LogP contribution in [0.2, 0.25) is 0 Å². The summed E-state index contributed by atoms with van der Waals surface area (Å²) in [6, 6.07) is 0. The van der Waals surface area contributed by atoms with Crippen molar-refractivity contribution in [1.82, 2.24) is 4.90 Å². The maximum Gasteiger partial charge on any atom is 0.328 e. The molecule has 0 saturated carbocycles. The molecule has 4 nitrogen and oxygen atoms in total. The number of likely N-dealkylation sites (tertiary alicyclic amines) is 1. The molecular formula is C10H15NO3. The lowest BCUT2D eigenvalue weighted by atomic mass is 10.0. The zero-order valence-electron chi connectivity index (χ0n) is 8.32. The molecule has 1 saturated heterocycles. The van der Waals surface area contributed by atoms with E-state index in [1.165, 1.54) is 6.08 Å². The zero-order valence-corrected chi connectivity index (χ0v) is 8.32. The maximum atomic E-state index is 11.4. The smallest absolute Gasteiger partial charge is 0.328 e. The molecule has 1 amide bonds. The molecule has 0 spiro atoms. The van der Waals surface area contributed by atoms with E-state index in [4.69, 9.17) is 5.11 Å². The van der Waals surface area contributed by atoms with Gasteiger partial charge in [0.15, 0.2) is 0 Å². The summed E-state index contributed by atoms with van der Waals surface area (Å²) in [7, 11) is 0. The summed E-state index contributed by atoms with van der Waals surface area (Å²) in [6.07, 6.45) is 3.16. The largest absolute Gasteiger partial charge is 0.478 e. The van der Waals surface area contributed by atoms with Crippen LogP contribution in [-0.2, 0) is 9.59 Å². The van der Waals surface area contributed by atoms with Gasteiger partial charge in [-0.25, -0.2) is 4.79 Å². The summed E-state index contributed by atoms with van der Waals surface area (Å²) < 4.78 is 0. The summed E-state index contributed by atoms with van der Waals surface area (Å²) in [5.74, 6) is -0.791. The Balaban J connectivity index is 2.61. The summed E-state index contributed by atoms with van der Waals surface area (Å²) >= 11 is 0. The number of carbonyl (C=O) groups excluding carboxylic acids is 1. The first-order valence-electron chi connectivity index (χ1n) is 4.83. The van der Waals surface area contributed by atoms with Gasteiger partial charge in [-0.15, -0.1) is 0 Å². The number of nitrogens with zero attached hydrogens (tertiary/aromatic N) is 1. The van der Waals surface area contributed by atoms with Crippen LogP contribution in [0, 0.1) is 0 Å². The number of hydrogen-bond donors (Lipinski definition) is 1. The first-order chi connectivity index (χ1) is 6.63. The molecule has 4 heteroatoms. The number of carboxylic acids is 1. The van der Waals surface area contributed by atoms with Crippen molar-refractivity contribution < 1.29 is 14.7 Å². The minimum Gasteiger partial charge on any atom is -0.478 e. The normalized spacial score (nSPS) is 20.2. The minimum atomic E-state index is -0.925. The number of amides is 1. The minimum absolute atomic E-state index is 0.134. The fourth-order valence-corrected chi connectivity index (χ4v) is 1.60. The lowest BCUT2D eigenvalue weighted by Gasteiger charge is -2.28. The van der Waals surface area contributed by atoms with E-state index >= 15 is 0 Å². The molecule has 0 atom stereocenters. The van der Waals surface area contributed by atoms with Gasteiger partial charge in [-0.1, -0.05) is 6.92 Å². The van der Waals surface area contributed by atoms with Gasteiger partial charge in [0.2, 0.25) is 5.91 Å². The maximum absolute atomic E-state index is 11.4. The van der Waals surface area contributed by atoms with Crippen LogP contribution in [0.15, 0.2) is 11.6 Å². The molecule has 0 radical (unpaired) electrons. The van der Waals surface area contributed by atoms with E-state index in [-0.39, 0.29) is 5.91 Å². The Labute approximate surface area is 83.2 Å². The van der Waals surface area contributed by atoms with E-state index in [2.05, 4.69) is 0 Å². The highest BCUT2D eigenvalue weighted by Crippen LogP contribution is 2.16. The van der Waals surface area contributed by atoms with Crippen molar-refractivity contribution in [2.75, 3.05) is 13.1 Å². The van der Waals surface area contributed by atoms with Crippen LogP contribution >= 0.6 is 0 Å². The van der Waals surface area contributed by atoms with Crippen molar-refractivity contribution >= 4 is 11.9 Å². The van der Waals surface area contributed by atoms with Gasteiger partial charge < -0.3 is 10.0 Å². The van der Waals surface area contributed by atoms with E-state index in [1.807, 2.05) is 6.92 Å². The topological polar surface area (TPSA) is 57.6 Å². The van der Waals surface area contributed by atoms with E-state index in [0.29, 0.717) is 19.4 Å². The Morgan fingerprint density at radius 3 is 2.86 bits per heavy atom. The van der Waals surface area contributed by atoms with Crippen LogP contribution < -0.4 is 0 Å². The van der Waals surface area contributed by atoms with E-state index in [9.17, 15) is 9.59 Å². The summed E-state index contributed by atoms with van der Waals surface area (Å²) in [6.45, 7) is 3.21. The van der Waals surface area contributed by atoms with Crippen LogP contribution in [0.25, 0.3) is 0 Å². The van der Waals surface area contributed by atoms with Gasteiger partial charge in [-0.05, 0) is 18.4 Å². The quantitative estimate of drug-likeness (QED) is 0.687. The zero-order chi connectivity index (χ0) is 10.6. The SMILES string of the molecule is CCCN1C/C(=C\C(=O)O)CCC1=O. The van der Waals surface area contributed by atoms with Crippen molar-refractivity contribution in [2.45, 2.75) is 26.2 Å². The van der Waals surface area contributed by atoms with Crippen molar-refractivity contribution in [1.29, 1.82) is 0 Å². The Hall–Kier alpha value is -1.32. The predicted molar refractivity (Wildman–Crippen MR) is 51.8 cm³/mol. The average molecular weight is 197 g/mol. The average Bonchev–Trinajstić information content (AvgIpc) is 2.10. The van der Waals surface area contributed by atoms with Crippen molar-refractivity contribution in [3.63, 3.8) is 0 Å². The molecule has 1 rings (SSSR count). The molecule has 1 N–H and O–H groups in total. The molecule has 0 unspecified atom stereocenters. The molecule has 0 aromatic carbocycles. The van der Waals surface area contributed by atoms with Crippen molar-refractivity contribution in [2.24, 2.45) is 0 Å². The van der Waals surface area contributed by atoms with Gasteiger partial charge in [0, 0.05) is 25.6 Å². The van der Waals surface area contributed by atoms with Gasteiger partial charge in [-0.2, -0.15) is 0 Å². The molecule has 1 fully saturated rings. The van der Waals surface area contributed by atoms with E-state index in [0.717, 1.165) is 18.5 Å². The molecule has 1 aliphatic heterocycles. The Morgan fingerprint density at radius 2 is 2.29 bits per heavy atom. The molecule has 0 aromatic heterocycles. The number of carbonyl (C=O) groups is 2. The van der Waals surface area contributed by atoms with E-state index < -0.39 is 5.97 Å². The first kappa shape index (κ1) is 10.8. The van der Waals surface area contributed by atoms with Crippen LogP contribution in [0.3, 0.4) is 0 Å². The lowest BCUT2D eigenvalue weighted by Crippen LogP contribution is -2.37. The second kappa shape index (κ2) is 4.79. The second-order valence-electron chi connectivity index (χ2n) is 3.46. The number of rotatable bonds is 3. The van der Waals surface area contributed by atoms with Crippen LogP contribution in [0.5, 0.6) is 0 Å².